The van der Waals surface area contributed by atoms with Gasteiger partial charge in [-0.15, -0.1) is 0 Å². The van der Waals surface area contributed by atoms with Crippen molar-refractivity contribution >= 4 is 17.6 Å². The predicted octanol–water partition coefficient (Wildman–Crippen LogP) is 6.00. The Kier molecular flexibility index (Phi) is 7.95. The SMILES string of the molecule is Cc1oc(-c2ccccc2F)nc1CSc1nc(N)c(C#N)c(-c2ccc(OC[C@H]3COC(C)(C)O3)cc2)c1C#N. The van der Waals surface area contributed by atoms with Gasteiger partial charge in [0, 0.05) is 11.3 Å². The fraction of sp³-hybridized carbons (Fsp3) is 0.267. The number of oxazole rings is 1. The van der Waals surface area contributed by atoms with Crippen LogP contribution in [-0.2, 0) is 15.2 Å². The fourth-order valence-corrected chi connectivity index (χ4v) is 5.39. The van der Waals surface area contributed by atoms with Crippen LogP contribution in [0.25, 0.3) is 22.6 Å². The van der Waals surface area contributed by atoms with E-state index in [2.05, 4.69) is 22.1 Å². The molecule has 5 rings (SSSR count). The molecule has 2 N–H and O–H groups in total. The second-order valence-corrected chi connectivity index (χ2v) is 10.7. The second kappa shape index (κ2) is 11.6. The molecule has 0 amide bonds. The molecule has 0 bridgehead atoms. The van der Waals surface area contributed by atoms with E-state index in [1.807, 2.05) is 13.8 Å². The Morgan fingerprint density at radius 3 is 2.49 bits per heavy atom. The maximum absolute atomic E-state index is 14.2. The number of ether oxygens (including phenoxy) is 3. The van der Waals surface area contributed by atoms with E-state index in [1.54, 1.807) is 49.4 Å². The molecule has 1 aliphatic heterocycles. The van der Waals surface area contributed by atoms with E-state index in [0.717, 1.165) is 0 Å². The number of benzene rings is 2. The normalized spacial score (nSPS) is 15.8. The Balaban J connectivity index is 1.38. The second-order valence-electron chi connectivity index (χ2n) is 9.73. The van der Waals surface area contributed by atoms with Crippen LogP contribution in [0.2, 0.25) is 0 Å². The molecule has 41 heavy (non-hydrogen) atoms. The zero-order chi connectivity index (χ0) is 29.1. The van der Waals surface area contributed by atoms with Crippen LogP contribution in [0.1, 0.15) is 36.4 Å². The highest BCUT2D eigenvalue weighted by Gasteiger charge is 2.33. The first-order valence-corrected chi connectivity index (χ1v) is 13.7. The lowest BCUT2D eigenvalue weighted by Crippen LogP contribution is -2.25. The molecule has 0 spiro atoms. The molecule has 208 valence electrons. The third-order valence-electron chi connectivity index (χ3n) is 6.40. The van der Waals surface area contributed by atoms with Crippen LogP contribution in [-0.4, -0.2) is 35.1 Å². The van der Waals surface area contributed by atoms with Crippen molar-refractivity contribution in [2.45, 2.75) is 43.4 Å². The van der Waals surface area contributed by atoms with Gasteiger partial charge in [-0.3, -0.25) is 0 Å². The third kappa shape index (κ3) is 6.03. The van der Waals surface area contributed by atoms with E-state index < -0.39 is 11.6 Å². The number of hydrogen-bond acceptors (Lipinski definition) is 10. The van der Waals surface area contributed by atoms with E-state index >= 15 is 0 Å². The van der Waals surface area contributed by atoms with Gasteiger partial charge in [0.1, 0.15) is 58.6 Å². The van der Waals surface area contributed by atoms with Gasteiger partial charge in [-0.1, -0.05) is 36.0 Å². The molecular weight excluding hydrogens is 545 g/mol. The molecule has 0 unspecified atom stereocenters. The van der Waals surface area contributed by atoms with E-state index in [0.29, 0.717) is 46.6 Å². The predicted molar refractivity (Wildman–Crippen MR) is 150 cm³/mol. The summed E-state index contributed by atoms with van der Waals surface area (Å²) in [5, 5.41) is 20.3. The number of rotatable bonds is 8. The lowest BCUT2D eigenvalue weighted by atomic mass is 9.97. The zero-order valence-electron chi connectivity index (χ0n) is 22.6. The molecule has 11 heteroatoms. The molecule has 1 aliphatic rings. The number of anilines is 1. The lowest BCUT2D eigenvalue weighted by Gasteiger charge is -2.17. The quantitative estimate of drug-likeness (QED) is 0.250. The molecule has 3 heterocycles. The Morgan fingerprint density at radius 2 is 1.83 bits per heavy atom. The van der Waals surface area contributed by atoms with Crippen LogP contribution in [0.5, 0.6) is 5.75 Å². The van der Waals surface area contributed by atoms with Crippen LogP contribution in [0.15, 0.2) is 58.0 Å². The summed E-state index contributed by atoms with van der Waals surface area (Å²) < 4.78 is 37.1. The summed E-state index contributed by atoms with van der Waals surface area (Å²) in [5.41, 5.74) is 8.33. The molecular formula is C30H26FN5O4S. The van der Waals surface area contributed by atoms with Crippen molar-refractivity contribution in [2.24, 2.45) is 0 Å². The van der Waals surface area contributed by atoms with Gasteiger partial charge in [0.25, 0.3) is 0 Å². The number of aromatic nitrogens is 2. The maximum atomic E-state index is 14.2. The summed E-state index contributed by atoms with van der Waals surface area (Å²) in [4.78, 5) is 8.81. The lowest BCUT2D eigenvalue weighted by molar-refractivity contribution is -0.141. The molecule has 2 aromatic carbocycles. The van der Waals surface area contributed by atoms with E-state index in [1.165, 1.54) is 17.8 Å². The van der Waals surface area contributed by atoms with E-state index in [-0.39, 0.29) is 40.3 Å². The molecule has 0 saturated carbocycles. The number of nitrogens with zero attached hydrogens (tertiary/aromatic N) is 4. The number of aryl methyl sites for hydroxylation is 1. The molecule has 0 aliphatic carbocycles. The van der Waals surface area contributed by atoms with Crippen molar-refractivity contribution in [3.63, 3.8) is 0 Å². The highest BCUT2D eigenvalue weighted by Crippen LogP contribution is 2.38. The van der Waals surface area contributed by atoms with E-state index in [9.17, 15) is 14.9 Å². The third-order valence-corrected chi connectivity index (χ3v) is 7.39. The topological polar surface area (TPSA) is 140 Å². The molecule has 4 aromatic rings. The van der Waals surface area contributed by atoms with Crippen LogP contribution in [0.4, 0.5) is 10.2 Å². The van der Waals surface area contributed by atoms with Crippen molar-refractivity contribution in [3.05, 3.63) is 76.9 Å². The van der Waals surface area contributed by atoms with Crippen molar-refractivity contribution in [1.82, 2.24) is 9.97 Å². The van der Waals surface area contributed by atoms with Crippen molar-refractivity contribution in [1.29, 1.82) is 10.5 Å². The standard InChI is InChI=1S/C30H26FN5O4S/c1-17-25(35-28(39-17)21-6-4-5-7-24(21)31)16-41-29-23(13-33)26(22(12-32)27(34)36-29)18-8-10-19(11-9-18)37-14-20-15-38-30(2,3)40-20/h4-11,20H,14-16H2,1-3H3,(H2,34,36)/t20-/m0/s1. The molecule has 0 radical (unpaired) electrons. The minimum Gasteiger partial charge on any atom is -0.491 e. The first-order chi connectivity index (χ1) is 19.7. The summed E-state index contributed by atoms with van der Waals surface area (Å²) >= 11 is 1.23. The Morgan fingerprint density at radius 1 is 1.10 bits per heavy atom. The van der Waals surface area contributed by atoms with E-state index in [4.69, 9.17) is 24.4 Å². The Hall–Kier alpha value is -4.42. The summed E-state index contributed by atoms with van der Waals surface area (Å²) in [6.45, 7) is 6.20. The average Bonchev–Trinajstić information content (AvgIpc) is 3.51. The Bertz CT molecular complexity index is 1670. The highest BCUT2D eigenvalue weighted by atomic mass is 32.2. The van der Waals surface area contributed by atoms with Gasteiger partial charge in [0.2, 0.25) is 5.89 Å². The smallest absolute Gasteiger partial charge is 0.229 e. The minimum atomic E-state index is -0.634. The molecule has 1 atom stereocenters. The van der Waals surface area contributed by atoms with Crippen LogP contribution < -0.4 is 10.5 Å². The van der Waals surface area contributed by atoms with Crippen LogP contribution in [0, 0.1) is 35.4 Å². The van der Waals surface area contributed by atoms with Gasteiger partial charge in [0.05, 0.1) is 23.4 Å². The first kappa shape index (κ1) is 28.1. The largest absolute Gasteiger partial charge is 0.491 e. The summed E-state index contributed by atoms with van der Waals surface area (Å²) in [6.07, 6.45) is -0.184. The maximum Gasteiger partial charge on any atom is 0.229 e. The number of nitrogen functional groups attached to an aromatic ring is 1. The number of pyridine rings is 1. The number of nitriles is 2. The van der Waals surface area contributed by atoms with Gasteiger partial charge in [-0.05, 0) is 50.6 Å². The van der Waals surface area contributed by atoms with Gasteiger partial charge in [-0.2, -0.15) is 10.5 Å². The van der Waals surface area contributed by atoms with Gasteiger partial charge in [-0.25, -0.2) is 14.4 Å². The van der Waals surface area contributed by atoms with Crippen LogP contribution >= 0.6 is 11.8 Å². The summed E-state index contributed by atoms with van der Waals surface area (Å²) in [5.74, 6) is 0.508. The molecule has 2 aromatic heterocycles. The number of nitrogens with two attached hydrogens (primary N) is 1. The fourth-order valence-electron chi connectivity index (χ4n) is 4.39. The van der Waals surface area contributed by atoms with Crippen molar-refractivity contribution < 1.29 is 23.0 Å². The van der Waals surface area contributed by atoms with Crippen molar-refractivity contribution in [2.75, 3.05) is 18.9 Å². The van der Waals surface area contributed by atoms with Crippen LogP contribution in [0.3, 0.4) is 0 Å². The molecule has 9 nitrogen and oxygen atoms in total. The van der Waals surface area contributed by atoms with Gasteiger partial charge >= 0.3 is 0 Å². The number of halogens is 1. The first-order valence-electron chi connectivity index (χ1n) is 12.7. The number of thioether (sulfide) groups is 1. The average molecular weight is 572 g/mol. The monoisotopic (exact) mass is 571 g/mol. The van der Waals surface area contributed by atoms with Gasteiger partial charge in [0.15, 0.2) is 5.79 Å². The zero-order valence-corrected chi connectivity index (χ0v) is 23.4. The Labute approximate surface area is 240 Å². The summed E-state index contributed by atoms with van der Waals surface area (Å²) in [7, 11) is 0. The highest BCUT2D eigenvalue weighted by molar-refractivity contribution is 7.98. The van der Waals surface area contributed by atoms with Crippen molar-refractivity contribution in [3.8, 4) is 40.5 Å². The minimum absolute atomic E-state index is 0.00856. The molecule has 1 fully saturated rings. The van der Waals surface area contributed by atoms with Gasteiger partial charge < -0.3 is 24.4 Å². The summed E-state index contributed by atoms with van der Waals surface area (Å²) in [6, 6.07) is 17.5. The number of hydrogen-bond donors (Lipinski definition) is 1. The molecule has 1 saturated heterocycles.